The molecule has 0 rings (SSSR count). The van der Waals surface area contributed by atoms with Crippen molar-refractivity contribution in [3.63, 3.8) is 0 Å². The van der Waals surface area contributed by atoms with Crippen LogP contribution in [0.1, 0.15) is 183 Å². The van der Waals surface area contributed by atoms with Crippen molar-refractivity contribution in [1.82, 2.24) is 0 Å². The fourth-order valence-corrected chi connectivity index (χ4v) is 5.26. The summed E-state index contributed by atoms with van der Waals surface area (Å²) in [6.45, 7) is 14.5. The fraction of sp³-hybridized carbons (Fsp3) is 1.00. The molecule has 0 saturated heterocycles. The largest absolute Gasteiger partial charge is 0.0654 e. The standard InChI is InChI=1S/C32H66/c1-7-8-9-10-11-12-13-14-15-18-23-30(4)25-20-27-32(6)28-21-26-31(5)24-19-16-17-22-29(2)3/h29-32H,7-28H2,1-6H3. The zero-order valence-corrected chi connectivity index (χ0v) is 23.9. The van der Waals surface area contributed by atoms with Gasteiger partial charge in [-0.2, -0.15) is 0 Å². The van der Waals surface area contributed by atoms with Gasteiger partial charge in [0, 0.05) is 0 Å². The van der Waals surface area contributed by atoms with E-state index in [1.807, 2.05) is 0 Å². The molecule has 0 heteroatoms. The Kier molecular flexibility index (Phi) is 24.1. The van der Waals surface area contributed by atoms with Crippen LogP contribution >= 0.6 is 0 Å². The Balaban J connectivity index is 3.41. The summed E-state index contributed by atoms with van der Waals surface area (Å²) in [5, 5.41) is 0. The van der Waals surface area contributed by atoms with Gasteiger partial charge in [-0.15, -0.1) is 0 Å². The van der Waals surface area contributed by atoms with Gasteiger partial charge in [-0.25, -0.2) is 0 Å². The van der Waals surface area contributed by atoms with Crippen LogP contribution in [0.4, 0.5) is 0 Å². The van der Waals surface area contributed by atoms with Crippen LogP contribution in [-0.2, 0) is 0 Å². The molecule has 0 radical (unpaired) electrons. The average Bonchev–Trinajstić information content (AvgIpc) is 2.74. The van der Waals surface area contributed by atoms with Crippen LogP contribution in [0.5, 0.6) is 0 Å². The molecule has 0 heterocycles. The van der Waals surface area contributed by atoms with E-state index in [0.29, 0.717) is 0 Å². The summed E-state index contributed by atoms with van der Waals surface area (Å²) >= 11 is 0. The minimum absolute atomic E-state index is 0.886. The van der Waals surface area contributed by atoms with Gasteiger partial charge in [0.15, 0.2) is 0 Å². The maximum absolute atomic E-state index is 2.50. The van der Waals surface area contributed by atoms with Crippen molar-refractivity contribution in [2.24, 2.45) is 23.7 Å². The van der Waals surface area contributed by atoms with Gasteiger partial charge in [-0.3, -0.25) is 0 Å². The van der Waals surface area contributed by atoms with E-state index < -0.39 is 0 Å². The lowest BCUT2D eigenvalue weighted by molar-refractivity contribution is 0.373. The molecule has 0 aromatic carbocycles. The highest BCUT2D eigenvalue weighted by Gasteiger charge is 2.08. The van der Waals surface area contributed by atoms with Crippen LogP contribution in [-0.4, -0.2) is 0 Å². The molecule has 194 valence electrons. The van der Waals surface area contributed by atoms with E-state index >= 15 is 0 Å². The number of hydrogen-bond acceptors (Lipinski definition) is 0. The van der Waals surface area contributed by atoms with Gasteiger partial charge in [0.1, 0.15) is 0 Å². The van der Waals surface area contributed by atoms with Crippen LogP contribution in [0.3, 0.4) is 0 Å². The maximum atomic E-state index is 2.50. The molecule has 0 aliphatic carbocycles. The first-order chi connectivity index (χ1) is 15.5. The quantitative estimate of drug-likeness (QED) is 0.121. The van der Waals surface area contributed by atoms with E-state index in [2.05, 4.69) is 41.5 Å². The second-order valence-corrected chi connectivity index (χ2v) is 12.2. The molecule has 3 unspecified atom stereocenters. The van der Waals surface area contributed by atoms with Crippen LogP contribution < -0.4 is 0 Å². The molecule has 0 aromatic heterocycles. The molecule has 0 aliphatic heterocycles. The van der Waals surface area contributed by atoms with Crippen molar-refractivity contribution in [2.45, 2.75) is 183 Å². The van der Waals surface area contributed by atoms with Crippen molar-refractivity contribution in [2.75, 3.05) is 0 Å². The highest BCUT2D eigenvalue weighted by molar-refractivity contribution is 4.61. The number of hydrogen-bond donors (Lipinski definition) is 0. The zero-order valence-electron chi connectivity index (χ0n) is 23.9. The molecule has 0 saturated carbocycles. The van der Waals surface area contributed by atoms with Gasteiger partial charge in [0.05, 0.1) is 0 Å². The summed E-state index contributed by atoms with van der Waals surface area (Å²) in [5.41, 5.74) is 0. The zero-order chi connectivity index (χ0) is 23.9. The molecule has 0 bridgehead atoms. The molecule has 0 aliphatic rings. The molecule has 0 amide bonds. The molecular weight excluding hydrogens is 384 g/mol. The predicted molar refractivity (Wildman–Crippen MR) is 150 cm³/mol. The second-order valence-electron chi connectivity index (χ2n) is 12.2. The van der Waals surface area contributed by atoms with Gasteiger partial charge in [0.2, 0.25) is 0 Å². The molecule has 0 fully saturated rings. The normalized spacial score (nSPS) is 14.7. The molecular formula is C32H66. The summed E-state index contributed by atoms with van der Waals surface area (Å²) in [7, 11) is 0. The Hall–Kier alpha value is 0. The van der Waals surface area contributed by atoms with E-state index in [1.54, 1.807) is 0 Å². The van der Waals surface area contributed by atoms with Crippen LogP contribution in [0, 0.1) is 23.7 Å². The van der Waals surface area contributed by atoms with Gasteiger partial charge < -0.3 is 0 Å². The lowest BCUT2D eigenvalue weighted by atomic mass is 9.90. The van der Waals surface area contributed by atoms with E-state index in [1.165, 1.54) is 141 Å². The van der Waals surface area contributed by atoms with Crippen LogP contribution in [0.15, 0.2) is 0 Å². The van der Waals surface area contributed by atoms with E-state index in [9.17, 15) is 0 Å². The lowest BCUT2D eigenvalue weighted by Crippen LogP contribution is -2.01. The van der Waals surface area contributed by atoms with Crippen molar-refractivity contribution in [1.29, 1.82) is 0 Å². The van der Waals surface area contributed by atoms with Gasteiger partial charge in [-0.05, 0) is 23.7 Å². The second kappa shape index (κ2) is 24.1. The molecule has 32 heavy (non-hydrogen) atoms. The summed E-state index contributed by atoms with van der Waals surface area (Å²) in [6.07, 6.45) is 32.1. The van der Waals surface area contributed by atoms with Gasteiger partial charge >= 0.3 is 0 Å². The van der Waals surface area contributed by atoms with Gasteiger partial charge in [0.25, 0.3) is 0 Å². The van der Waals surface area contributed by atoms with E-state index in [0.717, 1.165) is 23.7 Å². The molecule has 0 nitrogen and oxygen atoms in total. The molecule has 0 aromatic rings. The third-order valence-corrected chi connectivity index (χ3v) is 7.82. The van der Waals surface area contributed by atoms with Crippen molar-refractivity contribution in [3.05, 3.63) is 0 Å². The first-order valence-electron chi connectivity index (χ1n) is 15.5. The first kappa shape index (κ1) is 32.0. The highest BCUT2D eigenvalue weighted by Crippen LogP contribution is 2.23. The number of unbranched alkanes of at least 4 members (excludes halogenated alkanes) is 11. The topological polar surface area (TPSA) is 0 Å². The summed E-state index contributed by atoms with van der Waals surface area (Å²) in [6, 6.07) is 0. The molecule has 3 atom stereocenters. The Bertz CT molecular complexity index is 344. The van der Waals surface area contributed by atoms with Crippen molar-refractivity contribution < 1.29 is 0 Å². The maximum Gasteiger partial charge on any atom is -0.0443 e. The van der Waals surface area contributed by atoms with E-state index in [4.69, 9.17) is 0 Å². The van der Waals surface area contributed by atoms with Crippen LogP contribution in [0.25, 0.3) is 0 Å². The molecule has 0 N–H and O–H groups in total. The minimum atomic E-state index is 0.886. The summed E-state index contributed by atoms with van der Waals surface area (Å²) in [5.74, 6) is 3.73. The SMILES string of the molecule is CCCCCCCCCCCCC(C)CCCC(C)CCCC(C)CCCCCC(C)C. The Morgan fingerprint density at radius 3 is 0.969 bits per heavy atom. The number of rotatable bonds is 25. The highest BCUT2D eigenvalue weighted by atomic mass is 14.1. The average molecular weight is 451 g/mol. The molecule has 0 spiro atoms. The van der Waals surface area contributed by atoms with Crippen LogP contribution in [0.2, 0.25) is 0 Å². The van der Waals surface area contributed by atoms with E-state index in [-0.39, 0.29) is 0 Å². The summed E-state index contributed by atoms with van der Waals surface area (Å²) in [4.78, 5) is 0. The smallest absolute Gasteiger partial charge is 0.0443 e. The Morgan fingerprint density at radius 2 is 0.594 bits per heavy atom. The van der Waals surface area contributed by atoms with Crippen molar-refractivity contribution >= 4 is 0 Å². The fourth-order valence-electron chi connectivity index (χ4n) is 5.26. The van der Waals surface area contributed by atoms with Gasteiger partial charge in [-0.1, -0.05) is 183 Å². The lowest BCUT2D eigenvalue weighted by Gasteiger charge is -2.16. The minimum Gasteiger partial charge on any atom is -0.0654 e. The first-order valence-corrected chi connectivity index (χ1v) is 15.5. The third-order valence-electron chi connectivity index (χ3n) is 7.82. The monoisotopic (exact) mass is 451 g/mol. The Labute approximate surface area is 206 Å². The Morgan fingerprint density at radius 1 is 0.312 bits per heavy atom. The van der Waals surface area contributed by atoms with Crippen molar-refractivity contribution in [3.8, 4) is 0 Å². The predicted octanol–water partition coefficient (Wildman–Crippen LogP) is 12.2. The third kappa shape index (κ3) is 24.6. The summed E-state index contributed by atoms with van der Waals surface area (Å²) < 4.78 is 0.